The molecule has 0 saturated heterocycles. The zero-order chi connectivity index (χ0) is 17.4. The van der Waals surface area contributed by atoms with E-state index < -0.39 is 11.8 Å². The average Bonchev–Trinajstić information content (AvgIpc) is 2.81. The van der Waals surface area contributed by atoms with Crippen molar-refractivity contribution in [3.63, 3.8) is 0 Å². The van der Waals surface area contributed by atoms with Gasteiger partial charge in [0.2, 0.25) is 0 Å². The topological polar surface area (TPSA) is 96.0 Å². The fraction of sp³-hybridized carbons (Fsp3) is 0. The highest BCUT2D eigenvalue weighted by Gasteiger charge is 2.35. The molecule has 1 aliphatic heterocycles. The van der Waals surface area contributed by atoms with Crippen molar-refractivity contribution in [1.29, 1.82) is 5.41 Å². The summed E-state index contributed by atoms with van der Waals surface area (Å²) in [6.45, 7) is 0. The highest BCUT2D eigenvalue weighted by atomic mass is 35.5. The molecule has 0 unspecified atom stereocenters. The maximum absolute atomic E-state index is 12.2. The average molecular weight is 360 g/mol. The molecule has 120 valence electrons. The standard InChI is InChI=1S/C17H11Cl2N3O2/c18-8-5-6-9(11(19)7-8)13-14(17(24)22-16(13)23)15(21)10-3-1-2-4-12(10)20/h1-7,21H,20H2,(H,22,23,24). The second kappa shape index (κ2) is 6.11. The minimum absolute atomic E-state index is 0.0370. The second-order valence-electron chi connectivity index (χ2n) is 5.12. The molecule has 24 heavy (non-hydrogen) atoms. The Kier molecular flexibility index (Phi) is 4.13. The predicted molar refractivity (Wildman–Crippen MR) is 94.2 cm³/mol. The van der Waals surface area contributed by atoms with Gasteiger partial charge in [0.1, 0.15) is 0 Å². The molecule has 7 heteroatoms. The SMILES string of the molecule is N=C(C1=C(c2ccc(Cl)cc2Cl)C(=O)NC1=O)c1ccccc1N. The summed E-state index contributed by atoms with van der Waals surface area (Å²) in [5.74, 6) is -1.27. The molecule has 5 nitrogen and oxygen atoms in total. The number of para-hydroxylation sites is 1. The molecule has 0 saturated carbocycles. The van der Waals surface area contributed by atoms with Crippen LogP contribution in [-0.2, 0) is 9.59 Å². The molecule has 0 atom stereocenters. The molecule has 1 heterocycles. The molecular weight excluding hydrogens is 349 g/mol. The Morgan fingerprint density at radius 3 is 2.42 bits per heavy atom. The normalized spacial score (nSPS) is 14.1. The number of hydrogen-bond acceptors (Lipinski definition) is 4. The molecule has 4 N–H and O–H groups in total. The van der Waals surface area contributed by atoms with Crippen LogP contribution in [0.25, 0.3) is 5.57 Å². The zero-order valence-corrected chi connectivity index (χ0v) is 13.7. The van der Waals surface area contributed by atoms with Gasteiger partial charge in [0.05, 0.1) is 21.9 Å². The Hall–Kier alpha value is -2.63. The summed E-state index contributed by atoms with van der Waals surface area (Å²) in [6.07, 6.45) is 0. The van der Waals surface area contributed by atoms with E-state index in [-0.39, 0.29) is 21.9 Å². The first-order valence-corrected chi connectivity index (χ1v) is 7.65. The number of nitrogens with one attached hydrogen (secondary N) is 2. The highest BCUT2D eigenvalue weighted by molar-refractivity contribution is 6.48. The first-order valence-electron chi connectivity index (χ1n) is 6.89. The maximum Gasteiger partial charge on any atom is 0.261 e. The smallest absolute Gasteiger partial charge is 0.261 e. The molecule has 0 fully saturated rings. The van der Waals surface area contributed by atoms with E-state index in [1.165, 1.54) is 6.07 Å². The third kappa shape index (κ3) is 2.68. The molecule has 0 bridgehead atoms. The Morgan fingerprint density at radius 2 is 1.75 bits per heavy atom. The van der Waals surface area contributed by atoms with Gasteiger partial charge in [-0.1, -0.05) is 47.5 Å². The van der Waals surface area contributed by atoms with Gasteiger partial charge in [-0.15, -0.1) is 0 Å². The van der Waals surface area contributed by atoms with E-state index >= 15 is 0 Å². The van der Waals surface area contributed by atoms with Crippen LogP contribution in [-0.4, -0.2) is 17.5 Å². The number of hydrogen-bond donors (Lipinski definition) is 3. The second-order valence-corrected chi connectivity index (χ2v) is 5.96. The minimum atomic E-state index is -0.658. The van der Waals surface area contributed by atoms with E-state index in [1.54, 1.807) is 36.4 Å². The molecule has 2 aromatic rings. The van der Waals surface area contributed by atoms with Crippen LogP contribution in [0.15, 0.2) is 48.0 Å². The summed E-state index contributed by atoms with van der Waals surface area (Å²) in [6, 6.07) is 11.2. The maximum atomic E-state index is 12.2. The van der Waals surface area contributed by atoms with Gasteiger partial charge in [0.25, 0.3) is 11.8 Å². The van der Waals surface area contributed by atoms with Crippen molar-refractivity contribution in [2.24, 2.45) is 0 Å². The van der Waals surface area contributed by atoms with E-state index in [4.69, 9.17) is 34.3 Å². The van der Waals surface area contributed by atoms with Gasteiger partial charge in [-0.05, 0) is 18.2 Å². The first-order chi connectivity index (χ1) is 11.4. The van der Waals surface area contributed by atoms with Crippen LogP contribution < -0.4 is 11.1 Å². The Balaban J connectivity index is 2.23. The molecule has 3 rings (SSSR count). The molecular formula is C17H11Cl2N3O2. The third-order valence-electron chi connectivity index (χ3n) is 3.61. The van der Waals surface area contributed by atoms with Gasteiger partial charge in [-0.3, -0.25) is 20.3 Å². The summed E-state index contributed by atoms with van der Waals surface area (Å²) in [7, 11) is 0. The van der Waals surface area contributed by atoms with Crippen molar-refractivity contribution in [1.82, 2.24) is 5.32 Å². The Bertz CT molecular complexity index is 935. The van der Waals surface area contributed by atoms with Crippen LogP contribution >= 0.6 is 23.2 Å². The molecule has 0 aliphatic carbocycles. The summed E-state index contributed by atoms with van der Waals surface area (Å²) in [5.41, 5.74) is 6.74. The molecule has 2 amide bonds. The van der Waals surface area contributed by atoms with Gasteiger partial charge >= 0.3 is 0 Å². The van der Waals surface area contributed by atoms with E-state index in [0.717, 1.165) is 0 Å². The van der Waals surface area contributed by atoms with Crippen LogP contribution in [0.4, 0.5) is 5.69 Å². The van der Waals surface area contributed by atoms with E-state index in [1.807, 2.05) is 0 Å². The molecule has 0 spiro atoms. The Morgan fingerprint density at radius 1 is 1.04 bits per heavy atom. The van der Waals surface area contributed by atoms with Crippen LogP contribution in [0, 0.1) is 5.41 Å². The number of rotatable bonds is 3. The van der Waals surface area contributed by atoms with E-state index in [9.17, 15) is 9.59 Å². The predicted octanol–water partition coefficient (Wildman–Crippen LogP) is 3.05. The number of carbonyl (C=O) groups excluding carboxylic acids is 2. The van der Waals surface area contributed by atoms with Gasteiger partial charge in [0.15, 0.2) is 0 Å². The number of benzene rings is 2. The lowest BCUT2D eigenvalue weighted by Crippen LogP contribution is -2.25. The van der Waals surface area contributed by atoms with Crippen molar-refractivity contribution in [2.45, 2.75) is 0 Å². The summed E-state index contributed by atoms with van der Waals surface area (Å²) < 4.78 is 0. The molecule has 2 aromatic carbocycles. The lowest BCUT2D eigenvalue weighted by Gasteiger charge is -2.10. The number of imide groups is 1. The van der Waals surface area contributed by atoms with Gasteiger partial charge in [-0.2, -0.15) is 0 Å². The minimum Gasteiger partial charge on any atom is -0.398 e. The van der Waals surface area contributed by atoms with Crippen LogP contribution in [0.3, 0.4) is 0 Å². The summed E-state index contributed by atoms with van der Waals surface area (Å²) >= 11 is 12.0. The zero-order valence-electron chi connectivity index (χ0n) is 12.2. The first kappa shape index (κ1) is 16.2. The number of nitrogen functional groups attached to an aromatic ring is 1. The largest absolute Gasteiger partial charge is 0.398 e. The van der Waals surface area contributed by atoms with Crippen molar-refractivity contribution in [2.75, 3.05) is 5.73 Å². The lowest BCUT2D eigenvalue weighted by molar-refractivity contribution is -0.123. The lowest BCUT2D eigenvalue weighted by atomic mass is 9.94. The number of carbonyl (C=O) groups is 2. The van der Waals surface area contributed by atoms with Gasteiger partial charge in [0, 0.05) is 21.8 Å². The quantitative estimate of drug-likeness (QED) is 0.446. The highest BCUT2D eigenvalue weighted by Crippen LogP contribution is 2.33. The van der Waals surface area contributed by atoms with Gasteiger partial charge in [-0.25, -0.2) is 0 Å². The van der Waals surface area contributed by atoms with Crippen LogP contribution in [0.2, 0.25) is 10.0 Å². The van der Waals surface area contributed by atoms with Crippen molar-refractivity contribution < 1.29 is 9.59 Å². The number of nitrogens with two attached hydrogens (primary N) is 1. The van der Waals surface area contributed by atoms with Gasteiger partial charge < -0.3 is 5.73 Å². The fourth-order valence-electron chi connectivity index (χ4n) is 2.50. The fourth-order valence-corrected chi connectivity index (χ4v) is 3.01. The van der Waals surface area contributed by atoms with Crippen molar-refractivity contribution in [3.8, 4) is 0 Å². The van der Waals surface area contributed by atoms with Crippen LogP contribution in [0.5, 0.6) is 0 Å². The Labute approximate surface area is 147 Å². The summed E-state index contributed by atoms with van der Waals surface area (Å²) in [5, 5.41) is 11.2. The molecule has 0 aromatic heterocycles. The number of halogens is 2. The number of anilines is 1. The van der Waals surface area contributed by atoms with E-state index in [0.29, 0.717) is 21.8 Å². The van der Waals surface area contributed by atoms with Crippen LogP contribution in [0.1, 0.15) is 11.1 Å². The molecule has 1 aliphatic rings. The third-order valence-corrected chi connectivity index (χ3v) is 4.16. The monoisotopic (exact) mass is 359 g/mol. The number of amides is 2. The summed E-state index contributed by atoms with van der Waals surface area (Å²) in [4.78, 5) is 24.5. The van der Waals surface area contributed by atoms with E-state index in [2.05, 4.69) is 5.32 Å². The van der Waals surface area contributed by atoms with Crippen molar-refractivity contribution >= 4 is 52.0 Å². The van der Waals surface area contributed by atoms with Crippen molar-refractivity contribution in [3.05, 3.63) is 69.2 Å². The molecule has 0 radical (unpaired) electrons.